The number of ether oxygens (including phenoxy) is 3. The van der Waals surface area contributed by atoms with Crippen molar-refractivity contribution in [1.82, 2.24) is 4.98 Å². The molecule has 0 unspecified atom stereocenters. The van der Waals surface area contributed by atoms with Gasteiger partial charge in [-0.05, 0) is 67.9 Å². The third-order valence-electron chi connectivity index (χ3n) is 4.40. The van der Waals surface area contributed by atoms with Gasteiger partial charge in [0.1, 0.15) is 28.9 Å². The van der Waals surface area contributed by atoms with Crippen LogP contribution in [-0.4, -0.2) is 25.3 Å². The maximum absolute atomic E-state index is 12.7. The molecule has 3 aromatic rings. The summed E-state index contributed by atoms with van der Waals surface area (Å²) in [6, 6.07) is 16.5. The standard InChI is InChI=1S/C23H22N2O4/c1-4-28-17-10-11-22(29-5-2)19(12-17)18-13-21(25-23(26)20(18)14-24)15-6-8-16(27-3)9-7-15/h6-13H,4-5H2,1-3H3,(H,25,26). The smallest absolute Gasteiger partial charge is 0.266 e. The molecule has 0 spiro atoms. The summed E-state index contributed by atoms with van der Waals surface area (Å²) in [5, 5.41) is 9.63. The van der Waals surface area contributed by atoms with E-state index in [1.165, 1.54) is 0 Å². The average molecular weight is 390 g/mol. The molecule has 0 saturated heterocycles. The molecule has 6 heteroatoms. The van der Waals surface area contributed by atoms with Crippen molar-refractivity contribution in [2.24, 2.45) is 0 Å². The van der Waals surface area contributed by atoms with E-state index in [1.54, 1.807) is 25.3 Å². The first kappa shape index (κ1) is 20.0. The minimum absolute atomic E-state index is 0.0249. The second kappa shape index (κ2) is 8.98. The number of pyridine rings is 1. The molecule has 0 amide bonds. The molecule has 6 nitrogen and oxygen atoms in total. The number of rotatable bonds is 7. The average Bonchev–Trinajstić information content (AvgIpc) is 2.74. The number of hydrogen-bond donors (Lipinski definition) is 1. The Bertz CT molecular complexity index is 1100. The first-order valence-electron chi connectivity index (χ1n) is 9.33. The number of aromatic nitrogens is 1. The number of nitriles is 1. The lowest BCUT2D eigenvalue weighted by Gasteiger charge is -2.15. The van der Waals surface area contributed by atoms with Crippen LogP contribution in [-0.2, 0) is 0 Å². The van der Waals surface area contributed by atoms with Gasteiger partial charge in [-0.15, -0.1) is 0 Å². The maximum Gasteiger partial charge on any atom is 0.266 e. The lowest BCUT2D eigenvalue weighted by molar-refractivity contribution is 0.331. The van der Waals surface area contributed by atoms with E-state index in [0.717, 1.165) is 5.56 Å². The van der Waals surface area contributed by atoms with E-state index >= 15 is 0 Å². The van der Waals surface area contributed by atoms with Crippen molar-refractivity contribution >= 4 is 0 Å². The molecule has 0 atom stereocenters. The van der Waals surface area contributed by atoms with E-state index in [2.05, 4.69) is 4.98 Å². The number of hydrogen-bond acceptors (Lipinski definition) is 5. The quantitative estimate of drug-likeness (QED) is 0.647. The van der Waals surface area contributed by atoms with E-state index in [9.17, 15) is 10.1 Å². The normalized spacial score (nSPS) is 10.3. The van der Waals surface area contributed by atoms with Crippen LogP contribution in [0.4, 0.5) is 0 Å². The zero-order chi connectivity index (χ0) is 20.8. The zero-order valence-corrected chi connectivity index (χ0v) is 16.6. The number of aromatic amines is 1. The van der Waals surface area contributed by atoms with Gasteiger partial charge in [0, 0.05) is 16.8 Å². The van der Waals surface area contributed by atoms with Gasteiger partial charge in [0.05, 0.1) is 20.3 Å². The zero-order valence-electron chi connectivity index (χ0n) is 16.6. The van der Waals surface area contributed by atoms with Gasteiger partial charge in [0.15, 0.2) is 0 Å². The van der Waals surface area contributed by atoms with Crippen LogP contribution in [0.3, 0.4) is 0 Å². The summed E-state index contributed by atoms with van der Waals surface area (Å²) < 4.78 is 16.5. The van der Waals surface area contributed by atoms with E-state index < -0.39 is 5.56 Å². The monoisotopic (exact) mass is 390 g/mol. The van der Waals surface area contributed by atoms with Crippen LogP contribution in [0.5, 0.6) is 17.2 Å². The summed E-state index contributed by atoms with van der Waals surface area (Å²) in [5.41, 5.74) is 2.09. The molecule has 1 aromatic heterocycles. The van der Waals surface area contributed by atoms with Gasteiger partial charge in [-0.1, -0.05) is 0 Å². The Balaban J connectivity index is 2.22. The minimum Gasteiger partial charge on any atom is -0.497 e. The van der Waals surface area contributed by atoms with Crippen LogP contribution in [0.2, 0.25) is 0 Å². The molecule has 0 bridgehead atoms. The molecule has 0 aliphatic rings. The number of nitrogens with zero attached hydrogens (tertiary/aromatic N) is 1. The molecule has 0 fully saturated rings. The van der Waals surface area contributed by atoms with Crippen molar-refractivity contribution in [3.63, 3.8) is 0 Å². The first-order valence-corrected chi connectivity index (χ1v) is 9.33. The second-order valence-electron chi connectivity index (χ2n) is 6.17. The lowest BCUT2D eigenvalue weighted by atomic mass is 9.98. The number of methoxy groups -OCH3 is 1. The molecule has 3 rings (SSSR count). The first-order chi connectivity index (χ1) is 14.1. The molecule has 1 heterocycles. The summed E-state index contributed by atoms with van der Waals surface area (Å²) in [7, 11) is 1.59. The summed E-state index contributed by atoms with van der Waals surface area (Å²) in [6.07, 6.45) is 0. The van der Waals surface area contributed by atoms with E-state index in [-0.39, 0.29) is 5.56 Å². The molecular weight excluding hydrogens is 368 g/mol. The summed E-state index contributed by atoms with van der Waals surface area (Å²) >= 11 is 0. The Labute approximate surface area is 169 Å². The SMILES string of the molecule is CCOc1ccc(OCC)c(-c2cc(-c3ccc(OC)cc3)[nH]c(=O)c2C#N)c1. The molecule has 2 aromatic carbocycles. The highest BCUT2D eigenvalue weighted by Gasteiger charge is 2.17. The van der Waals surface area contributed by atoms with Gasteiger partial charge in [0.2, 0.25) is 0 Å². The highest BCUT2D eigenvalue weighted by molar-refractivity contribution is 5.80. The van der Waals surface area contributed by atoms with Crippen LogP contribution in [0.25, 0.3) is 22.4 Å². The predicted octanol–water partition coefficient (Wildman–Crippen LogP) is 4.39. The topological polar surface area (TPSA) is 84.3 Å². The molecule has 1 N–H and O–H groups in total. The minimum atomic E-state index is -0.458. The fraction of sp³-hybridized carbons (Fsp3) is 0.217. The summed E-state index contributed by atoms with van der Waals surface area (Å²) in [4.78, 5) is 15.5. The molecule has 0 aliphatic carbocycles. The van der Waals surface area contributed by atoms with Crippen LogP contribution < -0.4 is 19.8 Å². The Morgan fingerprint density at radius 2 is 1.62 bits per heavy atom. The summed E-state index contributed by atoms with van der Waals surface area (Å²) in [5.74, 6) is 1.94. The van der Waals surface area contributed by atoms with Gasteiger partial charge in [-0.25, -0.2) is 0 Å². The Morgan fingerprint density at radius 3 is 2.24 bits per heavy atom. The van der Waals surface area contributed by atoms with Gasteiger partial charge < -0.3 is 19.2 Å². The fourth-order valence-corrected chi connectivity index (χ4v) is 3.07. The maximum atomic E-state index is 12.7. The molecule has 0 saturated carbocycles. The number of nitrogens with one attached hydrogen (secondary N) is 1. The number of benzene rings is 2. The largest absolute Gasteiger partial charge is 0.497 e. The van der Waals surface area contributed by atoms with Crippen molar-refractivity contribution in [3.05, 3.63) is 64.4 Å². The van der Waals surface area contributed by atoms with Crippen molar-refractivity contribution in [1.29, 1.82) is 5.26 Å². The van der Waals surface area contributed by atoms with Crippen LogP contribution in [0.15, 0.2) is 53.3 Å². The third kappa shape index (κ3) is 4.25. The van der Waals surface area contributed by atoms with Crippen molar-refractivity contribution < 1.29 is 14.2 Å². The molecule has 0 aliphatic heterocycles. The Morgan fingerprint density at radius 1 is 0.931 bits per heavy atom. The van der Waals surface area contributed by atoms with Gasteiger partial charge in [-0.3, -0.25) is 4.79 Å². The second-order valence-corrected chi connectivity index (χ2v) is 6.17. The number of H-pyrrole nitrogens is 1. The van der Waals surface area contributed by atoms with Gasteiger partial charge >= 0.3 is 0 Å². The highest BCUT2D eigenvalue weighted by Crippen LogP contribution is 2.36. The van der Waals surface area contributed by atoms with Crippen LogP contribution >= 0.6 is 0 Å². The molecular formula is C23H22N2O4. The van der Waals surface area contributed by atoms with E-state index in [4.69, 9.17) is 14.2 Å². The molecule has 29 heavy (non-hydrogen) atoms. The Kier molecular flexibility index (Phi) is 6.20. The van der Waals surface area contributed by atoms with E-state index in [0.29, 0.717) is 47.3 Å². The van der Waals surface area contributed by atoms with Crippen molar-refractivity contribution in [2.75, 3.05) is 20.3 Å². The lowest BCUT2D eigenvalue weighted by Crippen LogP contribution is -2.13. The summed E-state index contributed by atoms with van der Waals surface area (Å²) in [6.45, 7) is 4.74. The van der Waals surface area contributed by atoms with Crippen LogP contribution in [0, 0.1) is 11.3 Å². The van der Waals surface area contributed by atoms with Gasteiger partial charge in [0.25, 0.3) is 5.56 Å². The van der Waals surface area contributed by atoms with Crippen molar-refractivity contribution in [3.8, 4) is 45.7 Å². The van der Waals surface area contributed by atoms with E-state index in [1.807, 2.05) is 50.2 Å². The highest BCUT2D eigenvalue weighted by atomic mass is 16.5. The van der Waals surface area contributed by atoms with Crippen LogP contribution in [0.1, 0.15) is 19.4 Å². The third-order valence-corrected chi connectivity index (χ3v) is 4.40. The fourth-order valence-electron chi connectivity index (χ4n) is 3.07. The van der Waals surface area contributed by atoms with Crippen molar-refractivity contribution in [2.45, 2.75) is 13.8 Å². The Hall–Kier alpha value is -3.72. The van der Waals surface area contributed by atoms with Gasteiger partial charge in [-0.2, -0.15) is 5.26 Å². The predicted molar refractivity (Wildman–Crippen MR) is 112 cm³/mol. The molecule has 148 valence electrons. The molecule has 0 radical (unpaired) electrons.